The third kappa shape index (κ3) is 5.82. The number of anilines is 1. The quantitative estimate of drug-likeness (QED) is 0.581. The number of thiazole rings is 1. The third-order valence-corrected chi connectivity index (χ3v) is 3.85. The number of nitrogens with zero attached hydrogens (tertiary/aromatic N) is 1. The fourth-order valence-electron chi connectivity index (χ4n) is 1.87. The number of rotatable bonds is 7. The topological polar surface area (TPSA) is 84.2 Å². The maximum Gasteiger partial charge on any atom is 0.338 e. The van der Waals surface area contributed by atoms with Crippen molar-refractivity contribution in [3.05, 3.63) is 46.2 Å². The van der Waals surface area contributed by atoms with Crippen LogP contribution in [0.3, 0.4) is 0 Å². The van der Waals surface area contributed by atoms with Gasteiger partial charge in [0.15, 0.2) is 4.80 Å². The molecule has 1 amide bonds. The molecular weight excluding hydrogens is 350 g/mol. The van der Waals surface area contributed by atoms with Crippen molar-refractivity contribution in [2.75, 3.05) is 11.9 Å². The minimum atomic E-state index is -0.357. The number of esters is 1. The average molecular weight is 370 g/mol. The smallest absolute Gasteiger partial charge is 0.338 e. The van der Waals surface area contributed by atoms with E-state index in [0.29, 0.717) is 22.7 Å². The van der Waals surface area contributed by atoms with Gasteiger partial charge < -0.3 is 14.6 Å². The van der Waals surface area contributed by atoms with Crippen LogP contribution in [-0.2, 0) is 16.1 Å². The van der Waals surface area contributed by atoms with Crippen LogP contribution < -0.4 is 10.1 Å². The number of nitrogens with one attached hydrogen (secondary N) is 2. The van der Waals surface area contributed by atoms with Crippen LogP contribution >= 0.6 is 23.7 Å². The number of amides is 1. The van der Waals surface area contributed by atoms with E-state index >= 15 is 0 Å². The average Bonchev–Trinajstić information content (AvgIpc) is 2.93. The van der Waals surface area contributed by atoms with Gasteiger partial charge in [-0.3, -0.25) is 10.2 Å². The Morgan fingerprint density at radius 3 is 2.58 bits per heavy atom. The summed E-state index contributed by atoms with van der Waals surface area (Å²) >= 11 is 1.26. The lowest BCUT2D eigenvalue weighted by atomic mass is 10.2. The minimum Gasteiger partial charge on any atom is -0.462 e. The molecule has 0 bridgehead atoms. The zero-order valence-corrected chi connectivity index (χ0v) is 14.9. The van der Waals surface area contributed by atoms with Crippen LogP contribution in [0.15, 0.2) is 35.8 Å². The highest BCUT2D eigenvalue weighted by molar-refractivity contribution is 7.06. The summed E-state index contributed by atoms with van der Waals surface area (Å²) in [5.41, 5.74) is 1.06. The van der Waals surface area contributed by atoms with Crippen molar-refractivity contribution in [2.45, 2.75) is 26.3 Å². The highest BCUT2D eigenvalue weighted by Crippen LogP contribution is 2.11. The number of aromatic nitrogens is 1. The second kappa shape index (κ2) is 9.89. The highest BCUT2D eigenvalue weighted by atomic mass is 35.5. The van der Waals surface area contributed by atoms with Gasteiger partial charge in [0.1, 0.15) is 6.54 Å². The molecule has 24 heavy (non-hydrogen) atoms. The van der Waals surface area contributed by atoms with Crippen molar-refractivity contribution in [3.63, 3.8) is 0 Å². The number of ether oxygens (including phenoxy) is 1. The molecule has 0 aliphatic heterocycles. The van der Waals surface area contributed by atoms with Gasteiger partial charge in [0.05, 0.1) is 12.2 Å². The molecule has 0 saturated heterocycles. The normalized spacial score (nSPS) is 9.88. The van der Waals surface area contributed by atoms with E-state index in [0.717, 1.165) is 12.8 Å². The summed E-state index contributed by atoms with van der Waals surface area (Å²) < 4.78 is 6.68. The van der Waals surface area contributed by atoms with Gasteiger partial charge in [-0.15, -0.1) is 23.7 Å². The van der Waals surface area contributed by atoms with Gasteiger partial charge in [-0.1, -0.05) is 13.3 Å². The van der Waals surface area contributed by atoms with E-state index in [1.165, 1.54) is 11.3 Å². The van der Waals surface area contributed by atoms with Crippen LogP contribution in [0, 0.1) is 5.41 Å². The Balaban J connectivity index is 0.00000288. The third-order valence-electron chi connectivity index (χ3n) is 3.13. The molecule has 0 aliphatic carbocycles. The zero-order chi connectivity index (χ0) is 16.7. The van der Waals surface area contributed by atoms with Crippen molar-refractivity contribution in [1.82, 2.24) is 4.57 Å². The molecule has 0 saturated carbocycles. The maximum atomic E-state index is 11.9. The Morgan fingerprint density at radius 2 is 2.00 bits per heavy atom. The van der Waals surface area contributed by atoms with Gasteiger partial charge in [0.25, 0.3) is 0 Å². The van der Waals surface area contributed by atoms with Crippen LogP contribution in [0.25, 0.3) is 0 Å². The zero-order valence-electron chi connectivity index (χ0n) is 13.3. The summed E-state index contributed by atoms with van der Waals surface area (Å²) in [5.74, 6) is -0.579. The molecule has 2 aromatic rings. The second-order valence-electron chi connectivity index (χ2n) is 4.95. The molecule has 0 fully saturated rings. The highest BCUT2D eigenvalue weighted by Gasteiger charge is 2.08. The molecule has 0 radical (unpaired) electrons. The number of benzene rings is 1. The molecule has 0 unspecified atom stereocenters. The fraction of sp³-hybridized carbons (Fsp3) is 0.312. The molecule has 0 atom stereocenters. The number of carbonyl (C=O) groups is 2. The van der Waals surface area contributed by atoms with Crippen LogP contribution in [0.4, 0.5) is 5.69 Å². The van der Waals surface area contributed by atoms with Crippen LogP contribution in [0.2, 0.25) is 0 Å². The number of hydrogen-bond acceptors (Lipinski definition) is 5. The van der Waals surface area contributed by atoms with E-state index in [1.807, 2.05) is 6.92 Å². The number of unbranched alkanes of at least 4 members (excludes halogenated alkanes) is 1. The largest absolute Gasteiger partial charge is 0.462 e. The first kappa shape index (κ1) is 19.9. The molecule has 0 aliphatic rings. The van der Waals surface area contributed by atoms with E-state index in [-0.39, 0.29) is 30.8 Å². The van der Waals surface area contributed by atoms with E-state index in [4.69, 9.17) is 10.1 Å². The lowest BCUT2D eigenvalue weighted by Gasteiger charge is -2.07. The van der Waals surface area contributed by atoms with Crippen molar-refractivity contribution >= 4 is 41.3 Å². The van der Waals surface area contributed by atoms with Gasteiger partial charge in [-0.2, -0.15) is 0 Å². The van der Waals surface area contributed by atoms with Gasteiger partial charge >= 0.3 is 5.97 Å². The van der Waals surface area contributed by atoms with Gasteiger partial charge in [-0.25, -0.2) is 4.79 Å². The summed E-state index contributed by atoms with van der Waals surface area (Å²) in [6.45, 7) is 2.54. The van der Waals surface area contributed by atoms with Crippen molar-refractivity contribution in [3.8, 4) is 0 Å². The summed E-state index contributed by atoms with van der Waals surface area (Å²) in [7, 11) is 0. The molecule has 8 heteroatoms. The number of halogens is 1. The Bertz CT molecular complexity index is 725. The second-order valence-corrected chi connectivity index (χ2v) is 5.85. The molecule has 6 nitrogen and oxygen atoms in total. The first-order chi connectivity index (χ1) is 11.1. The molecule has 1 aromatic heterocycles. The number of carbonyl (C=O) groups excluding carboxylic acids is 2. The van der Waals surface area contributed by atoms with Crippen molar-refractivity contribution < 1.29 is 14.3 Å². The van der Waals surface area contributed by atoms with Gasteiger partial charge in [0.2, 0.25) is 5.91 Å². The van der Waals surface area contributed by atoms with Crippen molar-refractivity contribution in [2.24, 2.45) is 0 Å². The van der Waals surface area contributed by atoms with E-state index in [9.17, 15) is 9.59 Å². The van der Waals surface area contributed by atoms with E-state index < -0.39 is 0 Å². The molecule has 0 spiro atoms. The van der Waals surface area contributed by atoms with Crippen molar-refractivity contribution in [1.29, 1.82) is 5.41 Å². The first-order valence-corrected chi connectivity index (χ1v) is 8.23. The SMILES string of the molecule is CCCCOC(=O)c1ccc(NC(=O)Cn2ccsc2=N)cc1.Cl. The van der Waals surface area contributed by atoms with Crippen LogP contribution in [-0.4, -0.2) is 23.1 Å². The molecule has 1 heterocycles. The van der Waals surface area contributed by atoms with Gasteiger partial charge in [-0.05, 0) is 30.7 Å². The van der Waals surface area contributed by atoms with E-state index in [1.54, 1.807) is 40.4 Å². The fourth-order valence-corrected chi connectivity index (χ4v) is 2.46. The lowest BCUT2D eigenvalue weighted by molar-refractivity contribution is -0.116. The molecule has 1 aromatic carbocycles. The minimum absolute atomic E-state index is 0. The van der Waals surface area contributed by atoms with E-state index in [2.05, 4.69) is 5.32 Å². The number of hydrogen-bond donors (Lipinski definition) is 2. The summed E-state index contributed by atoms with van der Waals surface area (Å²) in [6, 6.07) is 6.57. The predicted molar refractivity (Wildman–Crippen MR) is 95.7 cm³/mol. The standard InChI is InChI=1S/C16H19N3O3S.ClH/c1-2-3-9-22-15(21)12-4-6-13(7-5-12)18-14(20)11-19-8-10-23-16(19)17;/h4-8,10,17H,2-3,9,11H2,1H3,(H,18,20);1H. The Hall–Kier alpha value is -2.12. The molecule has 2 rings (SSSR count). The summed E-state index contributed by atoms with van der Waals surface area (Å²) in [4.78, 5) is 24.0. The monoisotopic (exact) mass is 369 g/mol. The first-order valence-electron chi connectivity index (χ1n) is 7.35. The predicted octanol–water partition coefficient (Wildman–Crippen LogP) is 3.05. The van der Waals surface area contributed by atoms with Crippen LogP contribution in [0.5, 0.6) is 0 Å². The van der Waals surface area contributed by atoms with Crippen LogP contribution in [0.1, 0.15) is 30.1 Å². The summed E-state index contributed by atoms with van der Waals surface area (Å²) in [6.07, 6.45) is 3.51. The summed E-state index contributed by atoms with van der Waals surface area (Å²) in [5, 5.41) is 12.1. The Morgan fingerprint density at radius 1 is 1.29 bits per heavy atom. The Labute approximate surface area is 150 Å². The molecular formula is C16H20ClN3O3S. The van der Waals surface area contributed by atoms with Gasteiger partial charge in [0, 0.05) is 17.3 Å². The molecule has 130 valence electrons. The Kier molecular flexibility index (Phi) is 8.21. The molecule has 2 N–H and O–H groups in total. The lowest BCUT2D eigenvalue weighted by Crippen LogP contribution is -2.23. The maximum absolute atomic E-state index is 11.9.